The van der Waals surface area contributed by atoms with Gasteiger partial charge >= 0.3 is 0 Å². The quantitative estimate of drug-likeness (QED) is 0.641. The zero-order valence-corrected chi connectivity index (χ0v) is 16.4. The summed E-state index contributed by atoms with van der Waals surface area (Å²) in [7, 11) is 1.63. The maximum absolute atomic E-state index is 14.4. The predicted molar refractivity (Wildman–Crippen MR) is 106 cm³/mol. The summed E-state index contributed by atoms with van der Waals surface area (Å²) in [6.45, 7) is 3.48. The molecule has 3 rings (SSSR count). The highest BCUT2D eigenvalue weighted by Crippen LogP contribution is 2.29. The van der Waals surface area contributed by atoms with E-state index in [0.29, 0.717) is 10.9 Å². The van der Waals surface area contributed by atoms with E-state index >= 15 is 0 Å². The number of nitrogens with zero attached hydrogens (tertiary/aromatic N) is 1. The lowest BCUT2D eigenvalue weighted by Gasteiger charge is -2.11. The van der Waals surface area contributed by atoms with E-state index in [0.717, 1.165) is 6.07 Å². The Morgan fingerprint density at radius 3 is 2.57 bits per heavy atom. The molecule has 146 valence electrons. The molecule has 0 aliphatic heterocycles. The number of carbonyl (C=O) groups excluding carboxylic acids is 2. The largest absolute Gasteiger partial charge is 0.347 e. The van der Waals surface area contributed by atoms with E-state index in [9.17, 15) is 18.4 Å². The fourth-order valence-corrected chi connectivity index (χ4v) is 3.23. The molecular formula is C21H19ClF2N2O2. The second-order valence-electron chi connectivity index (χ2n) is 6.97. The van der Waals surface area contributed by atoms with Crippen LogP contribution in [0.3, 0.4) is 0 Å². The molecule has 1 aromatic heterocycles. The first-order valence-corrected chi connectivity index (χ1v) is 9.12. The van der Waals surface area contributed by atoms with Crippen molar-refractivity contribution in [2.45, 2.75) is 20.3 Å². The molecule has 2 aromatic carbocycles. The Kier molecular flexibility index (Phi) is 5.52. The summed E-state index contributed by atoms with van der Waals surface area (Å²) < 4.78 is 29.9. The lowest BCUT2D eigenvalue weighted by Crippen LogP contribution is -2.14. The van der Waals surface area contributed by atoms with E-state index in [1.54, 1.807) is 27.0 Å². The molecule has 0 saturated heterocycles. The maximum Gasteiger partial charge on any atom is 0.257 e. The number of Topliss-reactive ketones (excluding diaryl/α,β-unsaturated/α-hetero) is 1. The van der Waals surface area contributed by atoms with Crippen molar-refractivity contribution in [3.05, 3.63) is 64.3 Å². The summed E-state index contributed by atoms with van der Waals surface area (Å²) in [5.74, 6) is -1.93. The number of nitrogens with one attached hydrogen (secondary N) is 1. The number of hydrogen-bond donors (Lipinski definition) is 1. The standard InChI is InChI=1S/C21H19ClF2N2O2/c1-11(2)19(27)8-12-7-15(22)18(9-17(12)24)25-21(28)14-10-26(3)20-13(14)5-4-6-16(20)23/h4-7,9-11H,8H2,1-3H3,(H,25,28). The van der Waals surface area contributed by atoms with Crippen molar-refractivity contribution < 1.29 is 18.4 Å². The van der Waals surface area contributed by atoms with Gasteiger partial charge in [0.05, 0.1) is 21.8 Å². The van der Waals surface area contributed by atoms with E-state index in [2.05, 4.69) is 5.32 Å². The molecule has 4 nitrogen and oxygen atoms in total. The first-order chi connectivity index (χ1) is 13.2. The Balaban J connectivity index is 1.90. The molecule has 7 heteroatoms. The second-order valence-corrected chi connectivity index (χ2v) is 7.37. The van der Waals surface area contributed by atoms with Crippen LogP contribution >= 0.6 is 11.6 Å². The number of halogens is 3. The third-order valence-corrected chi connectivity index (χ3v) is 4.90. The smallest absolute Gasteiger partial charge is 0.257 e. The van der Waals surface area contributed by atoms with Crippen LogP contribution in [-0.2, 0) is 18.3 Å². The van der Waals surface area contributed by atoms with Crippen molar-refractivity contribution in [1.29, 1.82) is 0 Å². The van der Waals surface area contributed by atoms with Crippen LogP contribution in [0.15, 0.2) is 36.5 Å². The molecule has 0 saturated carbocycles. The van der Waals surface area contributed by atoms with Crippen molar-refractivity contribution in [2.24, 2.45) is 13.0 Å². The van der Waals surface area contributed by atoms with Crippen molar-refractivity contribution >= 4 is 39.9 Å². The summed E-state index contributed by atoms with van der Waals surface area (Å²) in [6.07, 6.45) is 1.43. The number of rotatable bonds is 5. The van der Waals surface area contributed by atoms with Crippen LogP contribution < -0.4 is 5.32 Å². The van der Waals surface area contributed by atoms with Gasteiger partial charge in [0, 0.05) is 31.0 Å². The Labute approximate surface area is 166 Å². The summed E-state index contributed by atoms with van der Waals surface area (Å²) in [5, 5.41) is 3.12. The Morgan fingerprint density at radius 1 is 1.18 bits per heavy atom. The number of anilines is 1. The molecule has 0 radical (unpaired) electrons. The van der Waals surface area contributed by atoms with Gasteiger partial charge in [0.2, 0.25) is 0 Å². The minimum Gasteiger partial charge on any atom is -0.347 e. The molecule has 0 atom stereocenters. The average molecular weight is 405 g/mol. The van der Waals surface area contributed by atoms with Crippen LogP contribution in [0.1, 0.15) is 29.8 Å². The molecule has 28 heavy (non-hydrogen) atoms. The zero-order valence-electron chi connectivity index (χ0n) is 15.6. The number of amides is 1. The van der Waals surface area contributed by atoms with Crippen LogP contribution in [0.2, 0.25) is 5.02 Å². The van der Waals surface area contributed by atoms with Gasteiger partial charge < -0.3 is 9.88 Å². The van der Waals surface area contributed by atoms with Crippen molar-refractivity contribution in [3.8, 4) is 0 Å². The Bertz CT molecular complexity index is 1090. The third-order valence-electron chi connectivity index (χ3n) is 4.59. The van der Waals surface area contributed by atoms with Crippen LogP contribution in [0, 0.1) is 17.6 Å². The first-order valence-electron chi connectivity index (χ1n) is 8.74. The van der Waals surface area contributed by atoms with Gasteiger partial charge in [0.25, 0.3) is 5.91 Å². The van der Waals surface area contributed by atoms with E-state index < -0.39 is 17.5 Å². The van der Waals surface area contributed by atoms with Gasteiger partial charge in [0.15, 0.2) is 0 Å². The highest BCUT2D eigenvalue weighted by molar-refractivity contribution is 6.34. The van der Waals surface area contributed by atoms with Gasteiger partial charge in [-0.25, -0.2) is 8.78 Å². The Morgan fingerprint density at radius 2 is 1.89 bits per heavy atom. The topological polar surface area (TPSA) is 51.1 Å². The van der Waals surface area contributed by atoms with Gasteiger partial charge in [0.1, 0.15) is 17.4 Å². The number of ketones is 1. The summed E-state index contributed by atoms with van der Waals surface area (Å²) >= 11 is 6.19. The van der Waals surface area contributed by atoms with Crippen LogP contribution in [-0.4, -0.2) is 16.3 Å². The number of hydrogen-bond acceptors (Lipinski definition) is 2. The third kappa shape index (κ3) is 3.78. The van der Waals surface area contributed by atoms with Crippen LogP contribution in [0.5, 0.6) is 0 Å². The molecule has 1 heterocycles. The lowest BCUT2D eigenvalue weighted by atomic mass is 10.0. The van der Waals surface area contributed by atoms with Gasteiger partial charge in [-0.05, 0) is 23.8 Å². The molecular weight excluding hydrogens is 386 g/mol. The minimum absolute atomic E-state index is 0.0694. The summed E-state index contributed by atoms with van der Waals surface area (Å²) in [6, 6.07) is 6.90. The van der Waals surface area contributed by atoms with Crippen molar-refractivity contribution in [1.82, 2.24) is 4.57 Å². The normalized spacial score (nSPS) is 11.2. The molecule has 3 aromatic rings. The van der Waals surface area contributed by atoms with Crippen molar-refractivity contribution in [2.75, 3.05) is 5.32 Å². The average Bonchev–Trinajstić information content (AvgIpc) is 2.97. The molecule has 1 amide bonds. The highest BCUT2D eigenvalue weighted by atomic mass is 35.5. The molecule has 0 spiro atoms. The summed E-state index contributed by atoms with van der Waals surface area (Å²) in [4.78, 5) is 24.6. The fourth-order valence-electron chi connectivity index (χ4n) is 3.00. The molecule has 0 fully saturated rings. The number of fused-ring (bicyclic) bond motifs is 1. The second kappa shape index (κ2) is 7.72. The number of benzene rings is 2. The number of aromatic nitrogens is 1. The SMILES string of the molecule is CC(C)C(=O)Cc1cc(Cl)c(NC(=O)c2cn(C)c3c(F)cccc23)cc1F. The van der Waals surface area contributed by atoms with Crippen LogP contribution in [0.4, 0.5) is 14.5 Å². The first kappa shape index (κ1) is 20.0. The number of aryl methyl sites for hydroxylation is 1. The molecule has 0 unspecified atom stereocenters. The van der Waals surface area contributed by atoms with E-state index in [1.807, 2.05) is 0 Å². The number of carbonyl (C=O) groups is 2. The van der Waals surface area contributed by atoms with E-state index in [1.165, 1.54) is 29.0 Å². The maximum atomic E-state index is 14.4. The predicted octanol–water partition coefficient (Wildman–Crippen LogP) is 5.13. The van der Waals surface area contributed by atoms with Gasteiger partial charge in [-0.15, -0.1) is 0 Å². The van der Waals surface area contributed by atoms with E-state index in [-0.39, 0.29) is 40.0 Å². The molecule has 0 aliphatic carbocycles. The highest BCUT2D eigenvalue weighted by Gasteiger charge is 2.19. The van der Waals surface area contributed by atoms with Crippen LogP contribution in [0.25, 0.3) is 10.9 Å². The lowest BCUT2D eigenvalue weighted by molar-refractivity contribution is -0.121. The number of para-hydroxylation sites is 1. The Hall–Kier alpha value is -2.73. The van der Waals surface area contributed by atoms with E-state index in [4.69, 9.17) is 11.6 Å². The van der Waals surface area contributed by atoms with Gasteiger partial charge in [-0.2, -0.15) is 0 Å². The van der Waals surface area contributed by atoms with Gasteiger partial charge in [-0.3, -0.25) is 9.59 Å². The zero-order chi connectivity index (χ0) is 20.6. The molecule has 1 N–H and O–H groups in total. The van der Waals surface area contributed by atoms with Gasteiger partial charge in [-0.1, -0.05) is 37.6 Å². The van der Waals surface area contributed by atoms with Crippen molar-refractivity contribution in [3.63, 3.8) is 0 Å². The summed E-state index contributed by atoms with van der Waals surface area (Å²) in [5.41, 5.74) is 0.798. The minimum atomic E-state index is -0.627. The molecule has 0 bridgehead atoms. The fraction of sp³-hybridized carbons (Fsp3) is 0.238. The monoisotopic (exact) mass is 404 g/mol. The molecule has 0 aliphatic rings.